The van der Waals surface area contributed by atoms with Crippen molar-refractivity contribution in [2.24, 2.45) is 0 Å². The van der Waals surface area contributed by atoms with E-state index >= 15 is 0 Å². The summed E-state index contributed by atoms with van der Waals surface area (Å²) >= 11 is 0. The molecule has 2 aromatic heterocycles. The molecule has 3 aromatic rings. The van der Waals surface area contributed by atoms with Crippen molar-refractivity contribution in [3.8, 4) is 34.6 Å². The van der Waals surface area contributed by atoms with Gasteiger partial charge in [-0.05, 0) is 19.1 Å². The van der Waals surface area contributed by atoms with Gasteiger partial charge in [0.15, 0.2) is 17.7 Å². The smallest absolute Gasteiger partial charge is 0.387 e. The molecule has 1 saturated heterocycles. The maximum Gasteiger partial charge on any atom is 0.387 e. The number of hydrogen-bond acceptors (Lipinski definition) is 9. The fourth-order valence-corrected chi connectivity index (χ4v) is 3.59. The Bertz CT molecular complexity index is 1250. The van der Waals surface area contributed by atoms with E-state index in [0.717, 1.165) is 18.2 Å². The zero-order valence-corrected chi connectivity index (χ0v) is 19.2. The van der Waals surface area contributed by atoms with Crippen LogP contribution in [0, 0.1) is 12.7 Å². The van der Waals surface area contributed by atoms with Crippen molar-refractivity contribution in [1.82, 2.24) is 19.9 Å². The molecule has 1 atom stereocenters. The van der Waals surface area contributed by atoms with Crippen LogP contribution in [-0.4, -0.2) is 65.9 Å². The molecule has 1 aliphatic rings. The minimum Gasteiger partial charge on any atom is -0.482 e. The SMILES string of the molecule is COc1ncc(-c2cc(N3CC(Oc4ccc(F)c(OC(F)F)c4)C(F)(F)C3)nc(C)n2)c(OC)n1. The minimum atomic E-state index is -3.35. The van der Waals surface area contributed by atoms with Crippen molar-refractivity contribution in [2.45, 2.75) is 25.6 Å². The molecule has 1 unspecified atom stereocenters. The van der Waals surface area contributed by atoms with Crippen LogP contribution in [0.3, 0.4) is 0 Å². The summed E-state index contributed by atoms with van der Waals surface area (Å²) < 4.78 is 88.0. The van der Waals surface area contributed by atoms with Gasteiger partial charge >= 0.3 is 18.5 Å². The summed E-state index contributed by atoms with van der Waals surface area (Å²) in [5.41, 5.74) is 0.721. The van der Waals surface area contributed by atoms with Crippen molar-refractivity contribution in [1.29, 1.82) is 0 Å². The minimum absolute atomic E-state index is 0.0728. The molecule has 0 radical (unpaired) electrons. The van der Waals surface area contributed by atoms with Crippen molar-refractivity contribution in [3.05, 3.63) is 42.1 Å². The second-order valence-electron chi connectivity index (χ2n) is 7.66. The Hall–Kier alpha value is -3.97. The molecule has 3 heterocycles. The third-order valence-electron chi connectivity index (χ3n) is 5.19. The van der Waals surface area contributed by atoms with E-state index in [2.05, 4.69) is 24.7 Å². The molecule has 0 bridgehead atoms. The number of nitrogens with zero attached hydrogens (tertiary/aromatic N) is 5. The van der Waals surface area contributed by atoms with Crippen LogP contribution in [0.2, 0.25) is 0 Å². The lowest BCUT2D eigenvalue weighted by molar-refractivity contribution is -0.0612. The Morgan fingerprint density at radius 1 is 1.08 bits per heavy atom. The molecule has 1 aliphatic heterocycles. The van der Waals surface area contributed by atoms with Crippen molar-refractivity contribution >= 4 is 5.82 Å². The molecule has 1 aromatic carbocycles. The molecular formula is C22H20F5N5O4. The highest BCUT2D eigenvalue weighted by atomic mass is 19.3. The van der Waals surface area contributed by atoms with Crippen LogP contribution in [0.15, 0.2) is 30.5 Å². The van der Waals surface area contributed by atoms with Gasteiger partial charge in [-0.25, -0.2) is 28.1 Å². The number of ether oxygens (including phenoxy) is 4. The van der Waals surface area contributed by atoms with Gasteiger partial charge in [-0.1, -0.05) is 0 Å². The van der Waals surface area contributed by atoms with Crippen LogP contribution in [-0.2, 0) is 0 Å². The molecule has 0 saturated carbocycles. The molecule has 0 spiro atoms. The van der Waals surface area contributed by atoms with E-state index in [1.165, 1.54) is 31.4 Å². The lowest BCUT2D eigenvalue weighted by Crippen LogP contribution is -2.36. The van der Waals surface area contributed by atoms with Gasteiger partial charge in [0.2, 0.25) is 5.88 Å². The molecule has 192 valence electrons. The lowest BCUT2D eigenvalue weighted by Gasteiger charge is -2.19. The summed E-state index contributed by atoms with van der Waals surface area (Å²) in [5.74, 6) is -4.85. The number of alkyl halides is 4. The lowest BCUT2D eigenvalue weighted by atomic mass is 10.2. The number of benzene rings is 1. The summed E-state index contributed by atoms with van der Waals surface area (Å²) in [5, 5.41) is 0. The monoisotopic (exact) mass is 513 g/mol. The van der Waals surface area contributed by atoms with Gasteiger partial charge in [0.05, 0.1) is 38.6 Å². The van der Waals surface area contributed by atoms with Crippen molar-refractivity contribution in [2.75, 3.05) is 32.2 Å². The first-order chi connectivity index (χ1) is 17.1. The van der Waals surface area contributed by atoms with E-state index in [-0.39, 0.29) is 30.0 Å². The van der Waals surface area contributed by atoms with Crippen LogP contribution in [0.4, 0.5) is 27.8 Å². The summed E-state index contributed by atoms with van der Waals surface area (Å²) in [6.07, 6.45) is -0.256. The topological polar surface area (TPSA) is 91.7 Å². The van der Waals surface area contributed by atoms with Gasteiger partial charge in [-0.3, -0.25) is 0 Å². The van der Waals surface area contributed by atoms with E-state index in [1.54, 1.807) is 6.92 Å². The summed E-state index contributed by atoms with van der Waals surface area (Å²) in [7, 11) is 2.79. The first-order valence-electron chi connectivity index (χ1n) is 10.4. The number of aromatic nitrogens is 4. The third kappa shape index (κ3) is 5.31. The predicted molar refractivity (Wildman–Crippen MR) is 116 cm³/mol. The van der Waals surface area contributed by atoms with Crippen LogP contribution >= 0.6 is 0 Å². The number of rotatable bonds is 8. The molecule has 0 amide bonds. The highest BCUT2D eigenvalue weighted by Gasteiger charge is 2.50. The van der Waals surface area contributed by atoms with E-state index in [9.17, 15) is 22.0 Å². The Morgan fingerprint density at radius 3 is 2.56 bits per heavy atom. The zero-order valence-electron chi connectivity index (χ0n) is 19.2. The Labute approximate surface area is 201 Å². The first kappa shape index (κ1) is 25.1. The fourth-order valence-electron chi connectivity index (χ4n) is 3.59. The number of methoxy groups -OCH3 is 2. The fraction of sp³-hybridized carbons (Fsp3) is 0.364. The van der Waals surface area contributed by atoms with Gasteiger partial charge in [-0.2, -0.15) is 13.8 Å². The van der Waals surface area contributed by atoms with Gasteiger partial charge < -0.3 is 23.8 Å². The van der Waals surface area contributed by atoms with Gasteiger partial charge in [0.1, 0.15) is 17.4 Å². The highest BCUT2D eigenvalue weighted by Crippen LogP contribution is 2.36. The Balaban J connectivity index is 1.59. The largest absolute Gasteiger partial charge is 0.482 e. The molecule has 0 aliphatic carbocycles. The molecular weight excluding hydrogens is 493 g/mol. The Kier molecular flexibility index (Phi) is 6.95. The van der Waals surface area contributed by atoms with Gasteiger partial charge in [0, 0.05) is 18.3 Å². The van der Waals surface area contributed by atoms with E-state index in [1.807, 2.05) is 0 Å². The highest BCUT2D eigenvalue weighted by molar-refractivity contribution is 5.67. The average molecular weight is 513 g/mol. The second-order valence-corrected chi connectivity index (χ2v) is 7.66. The van der Waals surface area contributed by atoms with Crippen molar-refractivity contribution in [3.63, 3.8) is 0 Å². The normalized spacial score (nSPS) is 16.8. The maximum absolute atomic E-state index is 14.9. The summed E-state index contributed by atoms with van der Waals surface area (Å²) in [6.45, 7) is -2.75. The van der Waals surface area contributed by atoms with Crippen LogP contribution in [0.25, 0.3) is 11.3 Å². The molecule has 14 heteroatoms. The number of anilines is 1. The maximum atomic E-state index is 14.9. The Morgan fingerprint density at radius 2 is 1.86 bits per heavy atom. The van der Waals surface area contributed by atoms with Gasteiger partial charge in [0.25, 0.3) is 0 Å². The number of aryl methyl sites for hydroxylation is 1. The second kappa shape index (κ2) is 9.95. The van der Waals surface area contributed by atoms with E-state index < -0.39 is 36.7 Å². The standard InChI is InChI=1S/C22H20F5N5O4/c1-11-29-15(13-8-28-21(34-3)31-19(13)33-2)7-18(30-11)32-9-17(22(26,27)10-32)35-12-4-5-14(23)16(6-12)36-20(24)25/h4-8,17,20H,9-10H2,1-3H3. The van der Waals surface area contributed by atoms with Crippen LogP contribution < -0.4 is 23.8 Å². The molecule has 4 rings (SSSR count). The van der Waals surface area contributed by atoms with Crippen molar-refractivity contribution < 1.29 is 40.9 Å². The average Bonchev–Trinajstić information content (AvgIpc) is 3.13. The molecule has 0 N–H and O–H groups in total. The van der Waals surface area contributed by atoms with E-state index in [4.69, 9.17) is 14.2 Å². The summed E-state index contributed by atoms with van der Waals surface area (Å²) in [6, 6.07) is 4.19. The number of halogens is 5. The van der Waals surface area contributed by atoms with Crippen LogP contribution in [0.1, 0.15) is 5.82 Å². The molecule has 36 heavy (non-hydrogen) atoms. The van der Waals surface area contributed by atoms with E-state index in [0.29, 0.717) is 17.1 Å². The molecule has 9 nitrogen and oxygen atoms in total. The zero-order chi connectivity index (χ0) is 26.0. The number of hydrogen-bond donors (Lipinski definition) is 0. The summed E-state index contributed by atoms with van der Waals surface area (Å²) in [4.78, 5) is 18.0. The third-order valence-corrected chi connectivity index (χ3v) is 5.19. The molecule has 1 fully saturated rings. The van der Waals surface area contributed by atoms with Crippen LogP contribution in [0.5, 0.6) is 23.4 Å². The van der Waals surface area contributed by atoms with Gasteiger partial charge in [-0.15, -0.1) is 0 Å². The quantitative estimate of drug-likeness (QED) is 0.416. The predicted octanol–water partition coefficient (Wildman–Crippen LogP) is 3.90. The first-order valence-corrected chi connectivity index (χ1v) is 10.4.